The Morgan fingerprint density at radius 1 is 0.865 bits per heavy atom. The van der Waals surface area contributed by atoms with Gasteiger partial charge in [0, 0.05) is 17.5 Å². The second kappa shape index (κ2) is 11.1. The third-order valence-electron chi connectivity index (χ3n) is 5.76. The minimum atomic E-state index is -1.05. The Kier molecular flexibility index (Phi) is 7.09. The van der Waals surface area contributed by atoms with Crippen LogP contribution in [0.2, 0.25) is 0 Å². The summed E-state index contributed by atoms with van der Waals surface area (Å²) in [4.78, 5) is 29.9. The van der Waals surface area contributed by atoms with Gasteiger partial charge in [-0.3, -0.25) is 4.99 Å². The Balaban J connectivity index is 1.43. The largest absolute Gasteiger partial charge is 0.480 e. The molecule has 0 radical (unpaired) electrons. The highest BCUT2D eigenvalue weighted by atomic mass is 16.4. The highest BCUT2D eigenvalue weighted by Gasteiger charge is 2.18. The minimum Gasteiger partial charge on any atom is -0.480 e. The fourth-order valence-electron chi connectivity index (χ4n) is 3.95. The lowest BCUT2D eigenvalue weighted by Crippen LogP contribution is -2.20. The molecule has 5 aromatic rings. The molecule has 0 bridgehead atoms. The van der Waals surface area contributed by atoms with Crippen LogP contribution >= 0.6 is 0 Å². The van der Waals surface area contributed by atoms with E-state index in [0.717, 1.165) is 16.7 Å². The molecule has 0 saturated carbocycles. The van der Waals surface area contributed by atoms with E-state index in [1.54, 1.807) is 6.33 Å². The van der Waals surface area contributed by atoms with Crippen molar-refractivity contribution < 1.29 is 9.90 Å². The van der Waals surface area contributed by atoms with E-state index in [0.29, 0.717) is 29.1 Å². The molecule has 7 heteroatoms. The molecule has 0 unspecified atom stereocenters. The molecule has 0 amide bonds. The second-order valence-electron chi connectivity index (χ2n) is 8.32. The van der Waals surface area contributed by atoms with Gasteiger partial charge in [-0.2, -0.15) is 0 Å². The molecule has 0 aliphatic carbocycles. The van der Waals surface area contributed by atoms with Crippen LogP contribution in [-0.4, -0.2) is 42.3 Å². The van der Waals surface area contributed by atoms with E-state index in [1.807, 2.05) is 95.6 Å². The maximum atomic E-state index is 12.1. The fraction of sp³-hybridized carbons (Fsp3) is 0.100. The summed E-state index contributed by atoms with van der Waals surface area (Å²) in [7, 11) is 0. The van der Waals surface area contributed by atoms with Gasteiger partial charge >= 0.3 is 5.97 Å². The van der Waals surface area contributed by atoms with E-state index in [9.17, 15) is 9.90 Å². The summed E-state index contributed by atoms with van der Waals surface area (Å²) in [6.45, 7) is 0.624. The van der Waals surface area contributed by atoms with Gasteiger partial charge < -0.3 is 9.67 Å². The number of hydrogen-bond acceptors (Lipinski definition) is 5. The van der Waals surface area contributed by atoms with Crippen LogP contribution in [0.3, 0.4) is 0 Å². The number of imidazole rings is 1. The van der Waals surface area contributed by atoms with Crippen molar-refractivity contribution in [3.8, 4) is 11.8 Å². The second-order valence-corrected chi connectivity index (χ2v) is 8.32. The zero-order valence-corrected chi connectivity index (χ0v) is 19.9. The van der Waals surface area contributed by atoms with Gasteiger partial charge in [0.2, 0.25) is 0 Å². The van der Waals surface area contributed by atoms with E-state index in [4.69, 9.17) is 0 Å². The molecule has 0 spiro atoms. The smallest absolute Gasteiger partial charge is 0.329 e. The van der Waals surface area contributed by atoms with Gasteiger partial charge in [0.15, 0.2) is 11.7 Å². The van der Waals surface area contributed by atoms with E-state index < -0.39 is 12.0 Å². The standard InChI is InChI=1S/C30H23N5O2/c36-30(37)26(34-27(23-13-6-2-7-14-23)24-15-8-3-9-16-24)18-10-17-25-28-29(32-20-31-25)35(21-33-28)19-22-11-4-1-5-12-22/h1-9,11-16,20-21,26H,18-19H2,(H,36,37)/t26-/m0/s1. The normalized spacial score (nSPS) is 11.4. The van der Waals surface area contributed by atoms with Crippen LogP contribution in [0, 0.1) is 11.8 Å². The minimum absolute atomic E-state index is 0.0225. The summed E-state index contributed by atoms with van der Waals surface area (Å²) in [6.07, 6.45) is 3.19. The number of aliphatic imine (C=N–C) groups is 1. The molecule has 0 aliphatic heterocycles. The molecule has 0 saturated heterocycles. The Morgan fingerprint density at radius 2 is 1.49 bits per heavy atom. The monoisotopic (exact) mass is 485 g/mol. The predicted molar refractivity (Wildman–Crippen MR) is 142 cm³/mol. The molecular weight excluding hydrogens is 462 g/mol. The van der Waals surface area contributed by atoms with Crippen molar-refractivity contribution >= 4 is 22.8 Å². The number of hydrogen-bond donors (Lipinski definition) is 1. The maximum Gasteiger partial charge on any atom is 0.329 e. The van der Waals surface area contributed by atoms with Gasteiger partial charge in [0.1, 0.15) is 17.5 Å². The van der Waals surface area contributed by atoms with Gasteiger partial charge in [0.25, 0.3) is 0 Å². The summed E-state index contributed by atoms with van der Waals surface area (Å²) in [5.74, 6) is 4.92. The number of rotatable bonds is 7. The van der Waals surface area contributed by atoms with Crippen molar-refractivity contribution in [2.75, 3.05) is 0 Å². The predicted octanol–water partition coefficient (Wildman–Crippen LogP) is 4.61. The molecule has 0 fully saturated rings. The number of aliphatic carboxylic acids is 1. The molecular formula is C30H23N5O2. The first kappa shape index (κ1) is 23.6. The van der Waals surface area contributed by atoms with Crippen LogP contribution in [0.15, 0.2) is 109 Å². The number of carboxylic acids is 1. The van der Waals surface area contributed by atoms with E-state index >= 15 is 0 Å². The Labute approximate surface area is 214 Å². The van der Waals surface area contributed by atoms with Crippen LogP contribution in [0.4, 0.5) is 0 Å². The molecule has 37 heavy (non-hydrogen) atoms. The summed E-state index contributed by atoms with van der Waals surface area (Å²) >= 11 is 0. The average molecular weight is 486 g/mol. The molecule has 2 heterocycles. The molecule has 1 atom stereocenters. The summed E-state index contributed by atoms with van der Waals surface area (Å²) in [6, 6.07) is 28.1. The van der Waals surface area contributed by atoms with Gasteiger partial charge in [0.05, 0.1) is 18.6 Å². The third-order valence-corrected chi connectivity index (χ3v) is 5.76. The van der Waals surface area contributed by atoms with Gasteiger partial charge in [-0.25, -0.2) is 19.7 Å². The van der Waals surface area contributed by atoms with E-state index in [2.05, 4.69) is 31.8 Å². The third kappa shape index (κ3) is 5.60. The Morgan fingerprint density at radius 3 is 2.11 bits per heavy atom. The first-order valence-electron chi connectivity index (χ1n) is 11.8. The van der Waals surface area contributed by atoms with Crippen LogP contribution in [-0.2, 0) is 11.3 Å². The molecule has 0 aliphatic rings. The Bertz CT molecular complexity index is 1560. The van der Waals surface area contributed by atoms with Crippen molar-refractivity contribution in [3.05, 3.63) is 126 Å². The molecule has 3 aromatic carbocycles. The van der Waals surface area contributed by atoms with Gasteiger partial charge in [-0.1, -0.05) is 96.9 Å². The first-order valence-corrected chi connectivity index (χ1v) is 11.8. The zero-order chi connectivity index (χ0) is 25.5. The van der Waals surface area contributed by atoms with E-state index in [1.165, 1.54) is 6.33 Å². The lowest BCUT2D eigenvalue weighted by atomic mass is 10.0. The van der Waals surface area contributed by atoms with Crippen molar-refractivity contribution in [1.82, 2.24) is 19.5 Å². The van der Waals surface area contributed by atoms with Crippen LogP contribution < -0.4 is 0 Å². The Hall–Kier alpha value is -5.09. The average Bonchev–Trinajstić information content (AvgIpc) is 3.35. The van der Waals surface area contributed by atoms with Crippen molar-refractivity contribution in [2.24, 2.45) is 4.99 Å². The van der Waals surface area contributed by atoms with Crippen molar-refractivity contribution in [3.63, 3.8) is 0 Å². The van der Waals surface area contributed by atoms with Crippen molar-refractivity contribution in [2.45, 2.75) is 19.0 Å². The van der Waals surface area contributed by atoms with Gasteiger partial charge in [-0.05, 0) is 11.5 Å². The van der Waals surface area contributed by atoms with Crippen molar-refractivity contribution in [1.29, 1.82) is 0 Å². The quantitative estimate of drug-likeness (QED) is 0.269. The lowest BCUT2D eigenvalue weighted by molar-refractivity contribution is -0.138. The zero-order valence-electron chi connectivity index (χ0n) is 19.9. The van der Waals surface area contributed by atoms with Crippen LogP contribution in [0.1, 0.15) is 28.8 Å². The van der Waals surface area contributed by atoms with Crippen LogP contribution in [0.5, 0.6) is 0 Å². The molecule has 2 aromatic heterocycles. The lowest BCUT2D eigenvalue weighted by Gasteiger charge is -2.11. The number of carbonyl (C=O) groups is 1. The number of benzene rings is 3. The number of nitrogens with zero attached hydrogens (tertiary/aromatic N) is 5. The molecule has 5 rings (SSSR count). The number of fused-ring (bicyclic) bond motifs is 1. The molecule has 1 N–H and O–H groups in total. The summed E-state index contributed by atoms with van der Waals surface area (Å²) in [5.41, 5.74) is 5.13. The first-order chi connectivity index (χ1) is 18.2. The topological polar surface area (TPSA) is 93.3 Å². The summed E-state index contributed by atoms with van der Waals surface area (Å²) < 4.78 is 1.94. The highest BCUT2D eigenvalue weighted by molar-refractivity contribution is 6.13. The summed E-state index contributed by atoms with van der Waals surface area (Å²) in [5, 5.41) is 9.91. The molecule has 180 valence electrons. The fourth-order valence-corrected chi connectivity index (χ4v) is 3.95. The van der Waals surface area contributed by atoms with Gasteiger partial charge in [-0.15, -0.1) is 0 Å². The van der Waals surface area contributed by atoms with Crippen LogP contribution in [0.25, 0.3) is 11.2 Å². The maximum absolute atomic E-state index is 12.1. The number of aromatic nitrogens is 4. The SMILES string of the molecule is O=C(O)[C@H](CC#Cc1ncnc2c1ncn2Cc1ccccc1)N=C(c1ccccc1)c1ccccc1. The number of carboxylic acid groups (broad SMARTS) is 1. The highest BCUT2D eigenvalue weighted by Crippen LogP contribution is 2.16. The molecule has 7 nitrogen and oxygen atoms in total. The van der Waals surface area contributed by atoms with E-state index in [-0.39, 0.29) is 6.42 Å².